The van der Waals surface area contributed by atoms with Crippen molar-refractivity contribution < 1.29 is 9.10 Å². The molecule has 0 aliphatic carbocycles. The summed E-state index contributed by atoms with van der Waals surface area (Å²) in [4.78, 5) is 0. The molecule has 0 bridgehead atoms. The Kier molecular flexibility index (Phi) is 1.93. The van der Waals surface area contributed by atoms with Crippen molar-refractivity contribution in [3.8, 4) is 5.88 Å². The predicted molar refractivity (Wildman–Crippen MR) is 48.6 cm³/mol. The number of hydrogen-bond acceptors (Lipinski definition) is 1. The molecule has 0 unspecified atom stereocenters. The molecule has 2 heterocycles. The molecule has 3 nitrogen and oxygen atoms in total. The second kappa shape index (κ2) is 3.09. The Morgan fingerprint density at radius 3 is 2.85 bits per heavy atom. The summed E-state index contributed by atoms with van der Waals surface area (Å²) in [5.41, 5.74) is 0. The maximum atomic E-state index is 5.31. The molecule has 0 fully saturated rings. The second-order valence-corrected chi connectivity index (χ2v) is 3.26. The van der Waals surface area contributed by atoms with Crippen molar-refractivity contribution in [1.29, 1.82) is 0 Å². The van der Waals surface area contributed by atoms with Gasteiger partial charge in [0.2, 0.25) is 0 Å². The largest absolute Gasteiger partial charge is 0.444 e. The van der Waals surface area contributed by atoms with E-state index < -0.39 is 0 Å². The van der Waals surface area contributed by atoms with Crippen LogP contribution in [0, 0.1) is 0 Å². The number of nitrogens with zero attached hydrogens (tertiary/aromatic N) is 2. The molecule has 0 atom stereocenters. The van der Waals surface area contributed by atoms with E-state index in [1.807, 2.05) is 35.3 Å². The molecule has 13 heavy (non-hydrogen) atoms. The van der Waals surface area contributed by atoms with E-state index in [0.29, 0.717) is 6.04 Å². The Bertz CT molecular complexity index is 373. The van der Waals surface area contributed by atoms with Crippen LogP contribution in [-0.2, 0) is 0 Å². The van der Waals surface area contributed by atoms with Crippen LogP contribution in [0.1, 0.15) is 19.9 Å². The monoisotopic (exact) mass is 177 g/mol. The smallest absolute Gasteiger partial charge is 0.256 e. The van der Waals surface area contributed by atoms with Crippen molar-refractivity contribution in [2.45, 2.75) is 19.9 Å². The summed E-state index contributed by atoms with van der Waals surface area (Å²) >= 11 is 0. The van der Waals surface area contributed by atoms with Crippen molar-refractivity contribution in [3.63, 3.8) is 0 Å². The van der Waals surface area contributed by atoms with Crippen LogP contribution in [0.25, 0.3) is 5.88 Å². The molecule has 2 aromatic heterocycles. The summed E-state index contributed by atoms with van der Waals surface area (Å²) in [7, 11) is 0. The lowest BCUT2D eigenvalue weighted by Crippen LogP contribution is -2.43. The fourth-order valence-electron chi connectivity index (χ4n) is 1.37. The van der Waals surface area contributed by atoms with Crippen molar-refractivity contribution in [1.82, 2.24) is 4.68 Å². The van der Waals surface area contributed by atoms with Gasteiger partial charge in [0.05, 0.1) is 12.5 Å². The summed E-state index contributed by atoms with van der Waals surface area (Å²) in [6.45, 7) is 4.28. The first kappa shape index (κ1) is 8.10. The van der Waals surface area contributed by atoms with E-state index in [1.54, 1.807) is 6.26 Å². The lowest BCUT2D eigenvalue weighted by atomic mass is 10.4. The number of rotatable bonds is 2. The van der Waals surface area contributed by atoms with Crippen molar-refractivity contribution in [3.05, 3.63) is 36.9 Å². The third kappa shape index (κ3) is 1.37. The van der Waals surface area contributed by atoms with E-state index in [0.717, 1.165) is 5.88 Å². The quantitative estimate of drug-likeness (QED) is 0.642. The Morgan fingerprint density at radius 1 is 1.38 bits per heavy atom. The highest BCUT2D eigenvalue weighted by Gasteiger charge is 2.14. The zero-order chi connectivity index (χ0) is 9.26. The standard InChI is InChI=1S/C10H13N2O/c1-9(2)11-6-4-7-12(11)10-5-3-8-13-10/h3-9H,1-2H3/q+1. The number of aromatic nitrogens is 2. The van der Waals surface area contributed by atoms with Gasteiger partial charge >= 0.3 is 0 Å². The molecule has 0 radical (unpaired) electrons. The van der Waals surface area contributed by atoms with Crippen LogP contribution in [0.15, 0.2) is 41.3 Å². The van der Waals surface area contributed by atoms with E-state index in [9.17, 15) is 0 Å². The molecule has 68 valence electrons. The normalized spacial score (nSPS) is 11.0. The van der Waals surface area contributed by atoms with Gasteiger partial charge in [-0.2, -0.15) is 0 Å². The molecule has 0 saturated carbocycles. The lowest BCUT2D eigenvalue weighted by molar-refractivity contribution is -0.784. The van der Waals surface area contributed by atoms with Gasteiger partial charge in [0.25, 0.3) is 5.88 Å². The van der Waals surface area contributed by atoms with E-state index in [1.165, 1.54) is 0 Å². The predicted octanol–water partition coefficient (Wildman–Crippen LogP) is 1.94. The minimum absolute atomic E-state index is 0.431. The number of hydrogen-bond donors (Lipinski definition) is 0. The van der Waals surface area contributed by atoms with Gasteiger partial charge in [0, 0.05) is 12.1 Å². The Hall–Kier alpha value is -1.51. The zero-order valence-electron chi connectivity index (χ0n) is 7.84. The highest BCUT2D eigenvalue weighted by molar-refractivity contribution is 5.13. The maximum absolute atomic E-state index is 5.31. The van der Waals surface area contributed by atoms with Crippen LogP contribution >= 0.6 is 0 Å². The molecule has 3 heteroatoms. The summed E-state index contributed by atoms with van der Waals surface area (Å²) in [5, 5.41) is 0. The van der Waals surface area contributed by atoms with Gasteiger partial charge < -0.3 is 4.42 Å². The van der Waals surface area contributed by atoms with Crippen LogP contribution < -0.4 is 4.68 Å². The fourth-order valence-corrected chi connectivity index (χ4v) is 1.37. The van der Waals surface area contributed by atoms with E-state index >= 15 is 0 Å². The van der Waals surface area contributed by atoms with E-state index in [4.69, 9.17) is 4.42 Å². The average Bonchev–Trinajstić information content (AvgIpc) is 2.74. The van der Waals surface area contributed by atoms with Gasteiger partial charge in [-0.25, -0.2) is 0 Å². The average molecular weight is 177 g/mol. The van der Waals surface area contributed by atoms with E-state index in [-0.39, 0.29) is 0 Å². The number of furan rings is 1. The summed E-state index contributed by atoms with van der Waals surface area (Å²) in [5.74, 6) is 0.846. The van der Waals surface area contributed by atoms with Gasteiger partial charge in [-0.3, -0.25) is 0 Å². The van der Waals surface area contributed by atoms with Crippen LogP contribution in [-0.4, -0.2) is 4.68 Å². The Morgan fingerprint density at radius 2 is 2.23 bits per heavy atom. The zero-order valence-corrected chi connectivity index (χ0v) is 7.84. The van der Waals surface area contributed by atoms with Gasteiger partial charge in [-0.15, -0.1) is 4.68 Å². The summed E-state index contributed by atoms with van der Waals surface area (Å²) < 4.78 is 9.41. The van der Waals surface area contributed by atoms with Gasteiger partial charge in [0.15, 0.2) is 12.2 Å². The summed E-state index contributed by atoms with van der Waals surface area (Å²) in [6, 6.07) is 6.27. The van der Waals surface area contributed by atoms with Crippen LogP contribution in [0.3, 0.4) is 0 Å². The maximum Gasteiger partial charge on any atom is 0.256 e. The third-order valence-electron chi connectivity index (χ3n) is 1.98. The van der Waals surface area contributed by atoms with Crippen LogP contribution in [0.4, 0.5) is 0 Å². The molecular formula is C10H13N2O+. The topological polar surface area (TPSA) is 21.9 Å². The molecule has 0 aliphatic rings. The van der Waals surface area contributed by atoms with Crippen LogP contribution in [0.2, 0.25) is 0 Å². The lowest BCUT2D eigenvalue weighted by Gasteiger charge is -2.01. The molecule has 0 aromatic carbocycles. The van der Waals surface area contributed by atoms with Crippen molar-refractivity contribution in [2.24, 2.45) is 0 Å². The first-order chi connectivity index (χ1) is 6.29. The highest BCUT2D eigenvalue weighted by Crippen LogP contribution is 2.06. The minimum Gasteiger partial charge on any atom is -0.444 e. The van der Waals surface area contributed by atoms with Gasteiger partial charge in [-0.05, 0) is 19.9 Å². The molecular weight excluding hydrogens is 164 g/mol. The first-order valence-corrected chi connectivity index (χ1v) is 4.41. The molecule has 0 aliphatic heterocycles. The Labute approximate surface area is 77.2 Å². The molecule has 0 saturated heterocycles. The summed E-state index contributed by atoms with van der Waals surface area (Å²) in [6.07, 6.45) is 5.70. The van der Waals surface area contributed by atoms with Crippen molar-refractivity contribution >= 4 is 0 Å². The Balaban J connectivity index is 2.46. The van der Waals surface area contributed by atoms with Crippen LogP contribution in [0.5, 0.6) is 0 Å². The van der Waals surface area contributed by atoms with E-state index in [2.05, 4.69) is 18.5 Å². The van der Waals surface area contributed by atoms with Gasteiger partial charge in [-0.1, -0.05) is 4.68 Å². The van der Waals surface area contributed by atoms with Crippen molar-refractivity contribution in [2.75, 3.05) is 0 Å². The SMILES string of the molecule is CC(C)[n+]1cccn1-c1ccco1. The molecule has 2 rings (SSSR count). The minimum atomic E-state index is 0.431. The molecule has 0 spiro atoms. The first-order valence-electron chi connectivity index (χ1n) is 4.41. The van der Waals surface area contributed by atoms with Gasteiger partial charge in [0.1, 0.15) is 0 Å². The highest BCUT2D eigenvalue weighted by atomic mass is 16.3. The fraction of sp³-hybridized carbons (Fsp3) is 0.300. The molecule has 0 amide bonds. The second-order valence-electron chi connectivity index (χ2n) is 3.26. The molecule has 0 N–H and O–H groups in total. The third-order valence-corrected chi connectivity index (χ3v) is 1.98. The molecule has 2 aromatic rings.